The number of benzene rings is 1. The van der Waals surface area contributed by atoms with Gasteiger partial charge in [0.2, 0.25) is 0 Å². The van der Waals surface area contributed by atoms with E-state index in [0.29, 0.717) is 0 Å². The molecule has 0 spiro atoms. The molecule has 0 saturated carbocycles. The molecule has 0 bridgehead atoms. The normalized spacial score (nSPS) is 10.6. The molecule has 32 nitrogen and oxygen atoms in total. The van der Waals surface area contributed by atoms with Gasteiger partial charge in [0.05, 0.1) is 24.0 Å². The summed E-state index contributed by atoms with van der Waals surface area (Å²) in [6.45, 7) is 24.4. The van der Waals surface area contributed by atoms with Crippen molar-refractivity contribution in [2.45, 2.75) is 0 Å². The number of rotatable bonds is 46. The maximum Gasteiger partial charge on any atom is 0.411 e. The van der Waals surface area contributed by atoms with Crippen molar-refractivity contribution in [3.8, 4) is 0 Å². The maximum atomic E-state index is 14.0. The Balaban J connectivity index is 4.12. The highest BCUT2D eigenvalue weighted by Gasteiger charge is 2.42. The average molecular weight is 1320 g/mol. The second kappa shape index (κ2) is 42.3. The van der Waals surface area contributed by atoms with E-state index in [1.165, 1.54) is 0 Å². The first-order valence-corrected chi connectivity index (χ1v) is 26.9. The predicted molar refractivity (Wildman–Crippen MR) is 325 cm³/mol. The molecule has 94 heavy (non-hydrogen) atoms. The first-order chi connectivity index (χ1) is 44.6. The minimum Gasteiger partial charge on any atom is -0.462 e. The van der Waals surface area contributed by atoms with Gasteiger partial charge in [0, 0.05) is 83.9 Å². The van der Waals surface area contributed by atoms with Crippen LogP contribution in [0.25, 0.3) is 0 Å². The van der Waals surface area contributed by atoms with Gasteiger partial charge in [-0.2, -0.15) is 0 Å². The Labute approximate surface area is 538 Å². The van der Waals surface area contributed by atoms with Gasteiger partial charge in [0.15, 0.2) is 0 Å². The fraction of sp³-hybridized carbons (Fsp3) is 0.323. The van der Waals surface area contributed by atoms with Crippen LogP contribution in [-0.2, 0) is 124 Å². The van der Waals surface area contributed by atoms with Gasteiger partial charge in [-0.05, 0) is 18.2 Å². The second-order valence-electron chi connectivity index (χ2n) is 19.3. The van der Waals surface area contributed by atoms with E-state index in [4.69, 9.17) is 71.1 Å². The third-order valence-electron chi connectivity index (χ3n) is 11.6. The van der Waals surface area contributed by atoms with Gasteiger partial charge >= 0.3 is 83.9 Å². The summed E-state index contributed by atoms with van der Waals surface area (Å²) in [6, 6.07) is 3.13. The summed E-state index contributed by atoms with van der Waals surface area (Å²) in [5, 5.41) is 6.99. The fourth-order valence-corrected chi connectivity index (χ4v) is 6.56. The van der Waals surface area contributed by atoms with Crippen molar-refractivity contribution in [1.29, 1.82) is 0 Å². The van der Waals surface area contributed by atoms with Crippen LogP contribution in [0.1, 0.15) is 0 Å². The third-order valence-corrected chi connectivity index (χ3v) is 11.6. The van der Waals surface area contributed by atoms with Crippen LogP contribution in [0, 0.1) is 21.7 Å². The molecule has 1 aromatic carbocycles. The summed E-state index contributed by atoms with van der Waals surface area (Å²) >= 11 is 0. The zero-order chi connectivity index (χ0) is 70.8. The Morgan fingerprint density at radius 3 is 0.500 bits per heavy atom. The molecule has 0 heterocycles. The van der Waals surface area contributed by atoms with E-state index < -0.39 is 211 Å². The summed E-state index contributed by atoms with van der Waals surface area (Å²) < 4.78 is 80.0. The first kappa shape index (κ1) is 80.3. The molecule has 0 saturated heterocycles. The van der Waals surface area contributed by atoms with Crippen LogP contribution >= 0.6 is 0 Å². The zero-order valence-corrected chi connectivity index (χ0v) is 51.0. The maximum absolute atomic E-state index is 14.0. The molecule has 0 aromatic heterocycles. The summed E-state index contributed by atoms with van der Waals surface area (Å²) in [7, 11) is 0. The molecule has 1 aromatic rings. The van der Waals surface area contributed by atoms with Crippen LogP contribution in [0.2, 0.25) is 0 Å². The van der Waals surface area contributed by atoms with Gasteiger partial charge in [-0.1, -0.05) is 72.4 Å². The Kier molecular flexibility index (Phi) is 36.2. The molecule has 0 fully saturated rings. The summed E-state index contributed by atoms with van der Waals surface area (Å²) in [6.07, 6.45) is 4.43. The lowest BCUT2D eigenvalue weighted by Crippen LogP contribution is -2.47. The molecular formula is C62H71N3O29. The monoisotopic (exact) mass is 1320 g/mol. The third kappa shape index (κ3) is 31.7. The smallest absolute Gasteiger partial charge is 0.411 e. The second-order valence-corrected chi connectivity index (χ2v) is 19.3. The number of ether oxygens (including phenoxy) is 15. The Bertz CT molecular complexity index is 2730. The molecule has 0 aliphatic carbocycles. The molecule has 0 aliphatic heterocycles. The van der Waals surface area contributed by atoms with E-state index >= 15 is 0 Å². The van der Waals surface area contributed by atoms with Crippen LogP contribution in [0.4, 0.5) is 31.4 Å². The number of anilines is 3. The molecule has 0 radical (unpaired) electrons. The fourth-order valence-electron chi connectivity index (χ4n) is 6.56. The summed E-state index contributed by atoms with van der Waals surface area (Å²) in [5.74, 6) is -11.0. The Morgan fingerprint density at radius 2 is 0.362 bits per heavy atom. The molecule has 0 unspecified atom stereocenters. The highest BCUT2D eigenvalue weighted by molar-refractivity contribution is 5.94. The van der Waals surface area contributed by atoms with Crippen molar-refractivity contribution in [3.63, 3.8) is 0 Å². The van der Waals surface area contributed by atoms with E-state index in [1.807, 2.05) is 0 Å². The van der Waals surface area contributed by atoms with E-state index in [9.17, 15) is 67.1 Å². The quantitative estimate of drug-likeness (QED) is 0.0465. The number of esters is 11. The molecule has 32 heteroatoms. The Morgan fingerprint density at radius 1 is 0.234 bits per heavy atom. The predicted octanol–water partition coefficient (Wildman–Crippen LogP) is 4.32. The van der Waals surface area contributed by atoms with E-state index in [0.717, 1.165) is 85.0 Å². The van der Waals surface area contributed by atoms with Crippen LogP contribution in [0.3, 0.4) is 0 Å². The summed E-state index contributed by atoms with van der Waals surface area (Å²) in [5.41, 5.74) is -8.47. The number of hydrogen-bond acceptors (Lipinski definition) is 29. The van der Waals surface area contributed by atoms with Crippen LogP contribution < -0.4 is 16.0 Å². The van der Waals surface area contributed by atoms with E-state index in [2.05, 4.69) is 88.3 Å². The van der Waals surface area contributed by atoms with Gasteiger partial charge in [-0.3, -0.25) is 16.0 Å². The number of nitrogens with one attached hydrogen (secondary N) is 3. The highest BCUT2D eigenvalue weighted by atomic mass is 16.6. The highest BCUT2D eigenvalue weighted by Crippen LogP contribution is 2.30. The standard InChI is InChI=1S/C62H71N3O29/c1-12-45(66)81-28-59(29-82-46(67)13-2,30-83-47(68)14-3)26-80-27-60(31-84-48(69)15-4,32-85-49(70)16-5)39-92-56(77)63-42-23-43(64-57(78)93-40-61(33-86-50(71)17-6,34-87-51(72)18-7)35-88-52(73)19-8)25-44(24-42)65-58(79)94-41-62(36-89-53(74)20-9,37-90-54(75)21-10)38-91-55(76)22-11/h12-25H,1-11,26-41H2,(H,63,77)(H,64,78)(H,65,79). The number of carbonyl (C=O) groups is 14. The molecule has 508 valence electrons. The molecule has 0 aliphatic rings. The van der Waals surface area contributed by atoms with Crippen LogP contribution in [0.5, 0.6) is 0 Å². The van der Waals surface area contributed by atoms with Crippen molar-refractivity contribution in [1.82, 2.24) is 0 Å². The molecule has 0 atom stereocenters. The van der Waals surface area contributed by atoms with Gasteiger partial charge in [0.1, 0.15) is 103 Å². The van der Waals surface area contributed by atoms with Crippen molar-refractivity contribution >= 4 is 101 Å². The minimum atomic E-state index is -1.95. The summed E-state index contributed by atoms with van der Waals surface area (Å²) in [4.78, 5) is 177. The number of carbonyl (C=O) groups excluding carboxylic acids is 14. The van der Waals surface area contributed by atoms with Gasteiger partial charge in [-0.25, -0.2) is 67.1 Å². The van der Waals surface area contributed by atoms with Crippen LogP contribution in [0.15, 0.2) is 157 Å². The van der Waals surface area contributed by atoms with Crippen molar-refractivity contribution < 1.29 is 138 Å². The van der Waals surface area contributed by atoms with Crippen molar-refractivity contribution in [2.24, 2.45) is 21.7 Å². The molecule has 3 N–H and O–H groups in total. The topological polar surface area (TPSA) is 414 Å². The van der Waals surface area contributed by atoms with Gasteiger partial charge in [0.25, 0.3) is 0 Å². The largest absolute Gasteiger partial charge is 0.462 e. The molecular weight excluding hydrogens is 1250 g/mol. The first-order valence-electron chi connectivity index (χ1n) is 26.9. The average Bonchev–Trinajstić information content (AvgIpc) is 0.886. The lowest BCUT2D eigenvalue weighted by atomic mass is 9.90. The van der Waals surface area contributed by atoms with Gasteiger partial charge in [-0.15, -0.1) is 0 Å². The number of hydrogen-bond donors (Lipinski definition) is 3. The lowest BCUT2D eigenvalue weighted by Gasteiger charge is -2.35. The van der Waals surface area contributed by atoms with Gasteiger partial charge < -0.3 is 71.1 Å². The SMILES string of the molecule is C=CC(=O)OCC(COCC(COC(=O)C=C)(COC(=O)C=C)COC(=O)Nc1cc(NC(=O)OCC(COC(=O)C=C)(COC(=O)C=C)COC(=O)C=C)cc(NC(=O)OCC(COC(=O)C=C)(COC(=O)C=C)COC(=O)C=C)c1)(COC(=O)C=C)COC(=O)C=C. The molecule has 3 amide bonds. The van der Waals surface area contributed by atoms with Crippen molar-refractivity contribution in [3.05, 3.63) is 157 Å². The Hall–Kier alpha value is -11.7. The molecule has 1 rings (SSSR count). The van der Waals surface area contributed by atoms with E-state index in [-0.39, 0.29) is 17.1 Å². The zero-order valence-electron chi connectivity index (χ0n) is 51.0. The number of amides is 3. The minimum absolute atomic E-state index is 0.355. The van der Waals surface area contributed by atoms with Crippen LogP contribution in [-0.4, -0.2) is 190 Å². The van der Waals surface area contributed by atoms with Crippen molar-refractivity contribution in [2.75, 3.05) is 122 Å². The lowest BCUT2D eigenvalue weighted by molar-refractivity contribution is -0.168. The van der Waals surface area contributed by atoms with E-state index in [1.54, 1.807) is 0 Å².